The van der Waals surface area contributed by atoms with Crippen LogP contribution in [0.1, 0.15) is 18.9 Å². The first-order valence-corrected chi connectivity index (χ1v) is 9.36. The van der Waals surface area contributed by atoms with Crippen LogP contribution in [0, 0.1) is 18.3 Å². The molecule has 1 heterocycles. The summed E-state index contributed by atoms with van der Waals surface area (Å²) in [6.45, 7) is 5.49. The minimum atomic E-state index is -3.49. The van der Waals surface area contributed by atoms with Crippen molar-refractivity contribution >= 4 is 21.6 Å². The first-order valence-electron chi connectivity index (χ1n) is 7.51. The Balaban J connectivity index is 1.78. The van der Waals surface area contributed by atoms with Gasteiger partial charge < -0.3 is 4.90 Å². The third-order valence-electron chi connectivity index (χ3n) is 4.85. The van der Waals surface area contributed by atoms with Crippen molar-refractivity contribution in [2.75, 3.05) is 30.2 Å². The van der Waals surface area contributed by atoms with E-state index in [1.807, 2.05) is 17.9 Å². The van der Waals surface area contributed by atoms with Gasteiger partial charge in [0.1, 0.15) is 6.54 Å². The van der Waals surface area contributed by atoms with Crippen LogP contribution in [0.5, 0.6) is 0 Å². The Bertz CT molecular complexity index is 716. The molecule has 2 atom stereocenters. The van der Waals surface area contributed by atoms with Crippen LogP contribution >= 0.6 is 0 Å². The second kappa shape index (κ2) is 4.98. The lowest BCUT2D eigenvalue weighted by Gasteiger charge is -2.26. The maximum absolute atomic E-state index is 12.5. The van der Waals surface area contributed by atoms with Gasteiger partial charge in [-0.3, -0.25) is 9.10 Å². The minimum absolute atomic E-state index is 0.111. The van der Waals surface area contributed by atoms with Crippen molar-refractivity contribution in [3.05, 3.63) is 29.8 Å². The first-order chi connectivity index (χ1) is 10.2. The zero-order valence-electron chi connectivity index (χ0n) is 13.2. The van der Waals surface area contributed by atoms with Gasteiger partial charge in [-0.2, -0.15) is 0 Å². The van der Waals surface area contributed by atoms with Crippen LogP contribution in [0.3, 0.4) is 0 Å². The van der Waals surface area contributed by atoms with E-state index in [4.69, 9.17) is 0 Å². The van der Waals surface area contributed by atoms with Gasteiger partial charge in [-0.05, 0) is 42.4 Å². The fourth-order valence-corrected chi connectivity index (χ4v) is 4.19. The molecular formula is C16H22N2O3S. The lowest BCUT2D eigenvalue weighted by atomic mass is 10.1. The second-order valence-corrected chi connectivity index (χ2v) is 8.84. The molecule has 5 nitrogen and oxygen atoms in total. The number of nitrogens with zero attached hydrogens (tertiary/aromatic N) is 2. The molecule has 6 heteroatoms. The van der Waals surface area contributed by atoms with E-state index >= 15 is 0 Å². The highest BCUT2D eigenvalue weighted by Gasteiger charge is 2.57. The van der Waals surface area contributed by atoms with Crippen molar-refractivity contribution in [1.29, 1.82) is 0 Å². The fourth-order valence-electron chi connectivity index (χ4n) is 3.35. The molecule has 2 unspecified atom stereocenters. The van der Waals surface area contributed by atoms with Crippen molar-refractivity contribution in [3.63, 3.8) is 0 Å². The molecule has 1 amide bonds. The van der Waals surface area contributed by atoms with Crippen LogP contribution in [-0.4, -0.2) is 45.1 Å². The minimum Gasteiger partial charge on any atom is -0.340 e. The number of sulfonamides is 1. The van der Waals surface area contributed by atoms with E-state index in [0.29, 0.717) is 11.6 Å². The van der Waals surface area contributed by atoms with Gasteiger partial charge >= 0.3 is 0 Å². The summed E-state index contributed by atoms with van der Waals surface area (Å²) < 4.78 is 25.4. The number of amides is 1. The van der Waals surface area contributed by atoms with Crippen molar-refractivity contribution in [1.82, 2.24) is 4.90 Å². The van der Waals surface area contributed by atoms with Gasteiger partial charge in [0.2, 0.25) is 15.9 Å². The van der Waals surface area contributed by atoms with Gasteiger partial charge in [-0.1, -0.05) is 19.1 Å². The molecule has 1 saturated carbocycles. The van der Waals surface area contributed by atoms with Crippen LogP contribution in [0.25, 0.3) is 0 Å². The predicted molar refractivity (Wildman–Crippen MR) is 86.2 cm³/mol. The van der Waals surface area contributed by atoms with Gasteiger partial charge in [0.15, 0.2) is 0 Å². The molecule has 1 aromatic rings. The number of likely N-dealkylation sites (tertiary alicyclic amines) is 1. The fraction of sp³-hybridized carbons (Fsp3) is 0.562. The lowest BCUT2D eigenvalue weighted by Crippen LogP contribution is -2.42. The van der Waals surface area contributed by atoms with Crippen molar-refractivity contribution < 1.29 is 13.2 Å². The molecule has 1 aliphatic heterocycles. The lowest BCUT2D eigenvalue weighted by molar-refractivity contribution is -0.129. The highest BCUT2D eigenvalue weighted by Crippen LogP contribution is 2.57. The monoisotopic (exact) mass is 322 g/mol. The molecule has 2 fully saturated rings. The largest absolute Gasteiger partial charge is 0.340 e. The average molecular weight is 322 g/mol. The Labute approximate surface area is 132 Å². The third kappa shape index (κ3) is 2.84. The number of rotatable bonds is 4. The molecule has 2 aliphatic rings. The molecule has 0 aromatic heterocycles. The summed E-state index contributed by atoms with van der Waals surface area (Å²) in [4.78, 5) is 14.3. The van der Waals surface area contributed by atoms with Crippen LogP contribution < -0.4 is 4.31 Å². The number of carbonyl (C=O) groups is 1. The molecular weight excluding hydrogens is 300 g/mol. The number of anilines is 1. The molecule has 0 radical (unpaired) electrons. The van der Waals surface area contributed by atoms with Gasteiger partial charge in [0.05, 0.1) is 11.9 Å². The number of hydrogen-bond acceptors (Lipinski definition) is 3. The zero-order chi connectivity index (χ0) is 16.1. The summed E-state index contributed by atoms with van der Waals surface area (Å²) in [5.41, 5.74) is 1.79. The highest BCUT2D eigenvalue weighted by atomic mass is 32.2. The van der Waals surface area contributed by atoms with Crippen LogP contribution in [-0.2, 0) is 14.8 Å². The molecule has 0 bridgehead atoms. The Kier molecular flexibility index (Phi) is 3.47. The van der Waals surface area contributed by atoms with E-state index in [1.165, 1.54) is 10.7 Å². The molecule has 0 spiro atoms. The SMILES string of the molecule is Cc1cccc(N(CC(=O)N2CC3CC3(C)C2)S(C)(=O)=O)c1. The van der Waals surface area contributed by atoms with Crippen LogP contribution in [0.15, 0.2) is 24.3 Å². The van der Waals surface area contributed by atoms with Gasteiger partial charge in [0.25, 0.3) is 0 Å². The first kappa shape index (κ1) is 15.3. The average Bonchev–Trinajstić information content (AvgIpc) is 2.92. The van der Waals surface area contributed by atoms with E-state index < -0.39 is 10.0 Å². The zero-order valence-corrected chi connectivity index (χ0v) is 14.1. The highest BCUT2D eigenvalue weighted by molar-refractivity contribution is 7.92. The third-order valence-corrected chi connectivity index (χ3v) is 5.99. The predicted octanol–water partition coefficient (Wildman–Crippen LogP) is 1.63. The van der Waals surface area contributed by atoms with Crippen molar-refractivity contribution in [2.45, 2.75) is 20.3 Å². The molecule has 1 saturated heterocycles. The number of fused-ring (bicyclic) bond motifs is 1. The number of carbonyl (C=O) groups excluding carboxylic acids is 1. The van der Waals surface area contributed by atoms with Gasteiger partial charge in [0, 0.05) is 13.1 Å². The van der Waals surface area contributed by atoms with E-state index in [1.54, 1.807) is 18.2 Å². The summed E-state index contributed by atoms with van der Waals surface area (Å²) in [5, 5.41) is 0. The maximum Gasteiger partial charge on any atom is 0.243 e. The smallest absolute Gasteiger partial charge is 0.243 e. The topological polar surface area (TPSA) is 57.7 Å². The maximum atomic E-state index is 12.5. The summed E-state index contributed by atoms with van der Waals surface area (Å²) in [6, 6.07) is 7.22. The molecule has 1 aromatic carbocycles. The number of benzene rings is 1. The Morgan fingerprint density at radius 3 is 2.73 bits per heavy atom. The standard InChI is InChI=1S/C16H22N2O3S/c1-12-5-4-6-14(7-12)18(22(3,20)21)10-15(19)17-9-13-8-16(13,2)11-17/h4-7,13H,8-11H2,1-3H3. The normalized spacial score (nSPS) is 26.7. The Hall–Kier alpha value is -1.56. The number of hydrogen-bond donors (Lipinski definition) is 0. The molecule has 22 heavy (non-hydrogen) atoms. The Morgan fingerprint density at radius 1 is 1.45 bits per heavy atom. The van der Waals surface area contributed by atoms with Gasteiger partial charge in [-0.25, -0.2) is 8.42 Å². The number of piperidine rings is 1. The van der Waals surface area contributed by atoms with E-state index in [-0.39, 0.29) is 17.9 Å². The summed E-state index contributed by atoms with van der Waals surface area (Å²) in [7, 11) is -3.49. The van der Waals surface area contributed by atoms with Gasteiger partial charge in [-0.15, -0.1) is 0 Å². The summed E-state index contributed by atoms with van der Waals surface area (Å²) in [5.74, 6) is 0.488. The van der Waals surface area contributed by atoms with Crippen LogP contribution in [0.2, 0.25) is 0 Å². The van der Waals surface area contributed by atoms with Crippen molar-refractivity contribution in [2.24, 2.45) is 11.3 Å². The quantitative estimate of drug-likeness (QED) is 0.846. The van der Waals surface area contributed by atoms with Crippen molar-refractivity contribution in [3.8, 4) is 0 Å². The van der Waals surface area contributed by atoms with E-state index in [9.17, 15) is 13.2 Å². The molecule has 120 valence electrons. The summed E-state index contributed by atoms with van der Waals surface area (Å²) >= 11 is 0. The molecule has 3 rings (SSSR count). The van der Waals surface area contributed by atoms with E-state index in [2.05, 4.69) is 6.92 Å². The number of aryl methyl sites for hydroxylation is 1. The molecule has 0 N–H and O–H groups in total. The second-order valence-electron chi connectivity index (χ2n) is 6.94. The molecule has 1 aliphatic carbocycles. The summed E-state index contributed by atoms with van der Waals surface area (Å²) in [6.07, 6.45) is 2.33. The Morgan fingerprint density at radius 2 is 2.18 bits per heavy atom. The van der Waals surface area contributed by atoms with E-state index in [0.717, 1.165) is 24.9 Å². The van der Waals surface area contributed by atoms with Crippen LogP contribution in [0.4, 0.5) is 5.69 Å².